The largest absolute Gasteiger partial charge is 0.143 e. The van der Waals surface area contributed by atoms with Gasteiger partial charge in [0.2, 0.25) is 0 Å². The van der Waals surface area contributed by atoms with Gasteiger partial charge in [-0.2, -0.15) is 0 Å². The maximum atomic E-state index is 4.37. The minimum Gasteiger partial charge on any atom is -0.143 e. The minimum absolute atomic E-state index is 0. The molecule has 0 heterocycles. The number of aryl methyl sites for hydroxylation is 1. The molecule has 0 saturated heterocycles. The Morgan fingerprint density at radius 2 is 1.92 bits per heavy atom. The van der Waals surface area contributed by atoms with Crippen molar-refractivity contribution < 1.29 is 19.5 Å². The van der Waals surface area contributed by atoms with E-state index >= 15 is 0 Å². The van der Waals surface area contributed by atoms with Crippen molar-refractivity contribution in [2.24, 2.45) is 0 Å². The van der Waals surface area contributed by atoms with Crippen molar-refractivity contribution >= 4 is 12.6 Å². The van der Waals surface area contributed by atoms with Gasteiger partial charge in [0.1, 0.15) is 0 Å². The summed E-state index contributed by atoms with van der Waals surface area (Å²) < 4.78 is 0. The Bertz CT molecular complexity index is 223. The van der Waals surface area contributed by atoms with Crippen molar-refractivity contribution in [3.63, 3.8) is 0 Å². The first-order valence-corrected chi connectivity index (χ1v) is 4.56. The number of hydrogen-bond donors (Lipinski definition) is 1. The van der Waals surface area contributed by atoms with Gasteiger partial charge >= 0.3 is 0 Å². The molecule has 0 aliphatic rings. The Morgan fingerprint density at radius 3 is 2.50 bits per heavy atom. The Morgan fingerprint density at radius 1 is 1.25 bits per heavy atom. The molecule has 0 fully saturated rings. The van der Waals surface area contributed by atoms with E-state index < -0.39 is 0 Å². The summed E-state index contributed by atoms with van der Waals surface area (Å²) in [6, 6.07) is 8.30. The first-order chi connectivity index (χ1) is 5.34. The van der Waals surface area contributed by atoms with Crippen molar-refractivity contribution in [2.45, 2.75) is 31.1 Å². The van der Waals surface area contributed by atoms with Crippen LogP contribution in [0.4, 0.5) is 0 Å². The quantitative estimate of drug-likeness (QED) is 0.599. The molecular formula is C10H14SZn. The van der Waals surface area contributed by atoms with Crippen molar-refractivity contribution in [3.8, 4) is 0 Å². The third-order valence-corrected chi connectivity index (χ3v) is 2.23. The van der Waals surface area contributed by atoms with Crippen LogP contribution in [-0.2, 0) is 25.9 Å². The fourth-order valence-electron chi connectivity index (χ4n) is 1.09. The van der Waals surface area contributed by atoms with E-state index in [0.29, 0.717) is 0 Å². The summed E-state index contributed by atoms with van der Waals surface area (Å²) in [5.41, 5.74) is 1.37. The van der Waals surface area contributed by atoms with Gasteiger partial charge in [0.05, 0.1) is 0 Å². The molecule has 0 N–H and O–H groups in total. The van der Waals surface area contributed by atoms with Crippen LogP contribution in [0.2, 0.25) is 0 Å². The Kier molecular flexibility index (Phi) is 6.79. The Labute approximate surface area is 92.9 Å². The third-order valence-electron chi connectivity index (χ3n) is 1.79. The van der Waals surface area contributed by atoms with Gasteiger partial charge in [0, 0.05) is 24.4 Å². The molecule has 0 saturated carbocycles. The van der Waals surface area contributed by atoms with Crippen molar-refractivity contribution in [3.05, 3.63) is 29.8 Å². The zero-order valence-electron chi connectivity index (χ0n) is 7.59. The summed E-state index contributed by atoms with van der Waals surface area (Å²) in [7, 11) is 0. The number of unbranched alkanes of at least 4 members (excludes halogenated alkanes) is 1. The van der Waals surface area contributed by atoms with E-state index in [1.807, 2.05) is 12.1 Å². The van der Waals surface area contributed by atoms with Crippen LogP contribution in [0.15, 0.2) is 29.2 Å². The van der Waals surface area contributed by atoms with Crippen molar-refractivity contribution in [2.75, 3.05) is 0 Å². The van der Waals surface area contributed by atoms with Crippen LogP contribution in [0.1, 0.15) is 25.3 Å². The minimum atomic E-state index is 0. The van der Waals surface area contributed by atoms with Crippen LogP contribution < -0.4 is 0 Å². The molecule has 0 unspecified atom stereocenters. The average Bonchev–Trinajstić information content (AvgIpc) is 2.03. The standard InChI is InChI=1S/C10H14S.Zn/c1-2-3-6-9-7-4-5-8-10(9)11;/h4-5,7-8,11H,2-3,6H2,1H3;. The van der Waals surface area contributed by atoms with Crippen LogP contribution in [0.3, 0.4) is 0 Å². The summed E-state index contributed by atoms with van der Waals surface area (Å²) in [6.45, 7) is 2.21. The van der Waals surface area contributed by atoms with Crippen LogP contribution in [0, 0.1) is 0 Å². The Balaban J connectivity index is 0.00000121. The van der Waals surface area contributed by atoms with Gasteiger partial charge in [0.25, 0.3) is 0 Å². The summed E-state index contributed by atoms with van der Waals surface area (Å²) in [5, 5.41) is 0. The van der Waals surface area contributed by atoms with Gasteiger partial charge in [-0.1, -0.05) is 31.5 Å². The van der Waals surface area contributed by atoms with Gasteiger partial charge in [-0.25, -0.2) is 0 Å². The molecule has 0 nitrogen and oxygen atoms in total. The molecule has 0 atom stereocenters. The normalized spacial score (nSPS) is 9.17. The van der Waals surface area contributed by atoms with E-state index in [1.54, 1.807) is 0 Å². The molecule has 1 aromatic carbocycles. The number of benzene rings is 1. The monoisotopic (exact) mass is 230 g/mol. The third kappa shape index (κ3) is 3.73. The maximum absolute atomic E-state index is 4.37. The summed E-state index contributed by atoms with van der Waals surface area (Å²) in [5.74, 6) is 0. The molecule has 0 aliphatic heterocycles. The zero-order valence-corrected chi connectivity index (χ0v) is 11.4. The molecule has 0 amide bonds. The first-order valence-electron chi connectivity index (χ1n) is 4.11. The fraction of sp³-hybridized carbons (Fsp3) is 0.400. The summed E-state index contributed by atoms with van der Waals surface area (Å²) in [6.07, 6.45) is 3.68. The second-order valence-electron chi connectivity index (χ2n) is 2.73. The number of hydrogen-bond acceptors (Lipinski definition) is 1. The average molecular weight is 232 g/mol. The van der Waals surface area contributed by atoms with Gasteiger partial charge in [-0.15, -0.1) is 12.6 Å². The predicted molar refractivity (Wildman–Crippen MR) is 52.3 cm³/mol. The molecule has 12 heavy (non-hydrogen) atoms. The van der Waals surface area contributed by atoms with E-state index in [4.69, 9.17) is 0 Å². The molecule has 1 rings (SSSR count). The maximum Gasteiger partial charge on any atom is 0.00720 e. The van der Waals surface area contributed by atoms with E-state index in [9.17, 15) is 0 Å². The van der Waals surface area contributed by atoms with Gasteiger partial charge in [-0.05, 0) is 24.5 Å². The summed E-state index contributed by atoms with van der Waals surface area (Å²) in [4.78, 5) is 1.13. The molecule has 0 radical (unpaired) electrons. The van der Waals surface area contributed by atoms with Gasteiger partial charge in [0.15, 0.2) is 0 Å². The smallest absolute Gasteiger partial charge is 0.00720 e. The van der Waals surface area contributed by atoms with Crippen LogP contribution in [-0.4, -0.2) is 0 Å². The predicted octanol–water partition coefficient (Wildman–Crippen LogP) is 3.32. The van der Waals surface area contributed by atoms with E-state index in [0.717, 1.165) is 11.3 Å². The zero-order chi connectivity index (χ0) is 8.10. The van der Waals surface area contributed by atoms with E-state index in [-0.39, 0.29) is 19.5 Å². The summed E-state index contributed by atoms with van der Waals surface area (Å²) >= 11 is 4.37. The Hall–Kier alpha value is 0.193. The van der Waals surface area contributed by atoms with Crippen molar-refractivity contribution in [1.82, 2.24) is 0 Å². The molecule has 0 aliphatic carbocycles. The molecule has 0 spiro atoms. The molecule has 1 aromatic rings. The molecule has 2 heteroatoms. The van der Waals surface area contributed by atoms with Gasteiger partial charge in [-0.3, -0.25) is 0 Å². The molecule has 62 valence electrons. The fourth-order valence-corrected chi connectivity index (χ4v) is 1.36. The van der Waals surface area contributed by atoms with Crippen LogP contribution in [0.5, 0.6) is 0 Å². The van der Waals surface area contributed by atoms with Gasteiger partial charge < -0.3 is 0 Å². The van der Waals surface area contributed by atoms with E-state index in [2.05, 4.69) is 31.7 Å². The SMILES string of the molecule is CCCCc1ccccc1S.[Zn]. The number of thiol groups is 1. The molecule has 0 aromatic heterocycles. The van der Waals surface area contributed by atoms with Crippen LogP contribution in [0.25, 0.3) is 0 Å². The second-order valence-corrected chi connectivity index (χ2v) is 3.21. The number of rotatable bonds is 3. The van der Waals surface area contributed by atoms with E-state index in [1.165, 1.54) is 18.4 Å². The second kappa shape index (κ2) is 6.68. The molecule has 0 bridgehead atoms. The van der Waals surface area contributed by atoms with Crippen molar-refractivity contribution in [1.29, 1.82) is 0 Å². The first kappa shape index (κ1) is 12.2. The van der Waals surface area contributed by atoms with Crippen LogP contribution >= 0.6 is 12.6 Å². The topological polar surface area (TPSA) is 0 Å². The molecular weight excluding hydrogens is 218 g/mol.